The molecule has 8 aromatic rings. The molecule has 8 rings (SSSR count). The Bertz CT molecular complexity index is 2990. The number of aromatic nitrogens is 3. The molecule has 2 aromatic heterocycles. The van der Waals surface area contributed by atoms with Crippen molar-refractivity contribution in [3.05, 3.63) is 167 Å². The lowest BCUT2D eigenvalue weighted by molar-refractivity contribution is 0.466. The zero-order valence-corrected chi connectivity index (χ0v) is 39.2. The minimum Gasteiger partial charge on any atom is -0.507 e. The van der Waals surface area contributed by atoms with Crippen molar-refractivity contribution >= 4 is 11.0 Å². The van der Waals surface area contributed by atoms with Crippen molar-refractivity contribution in [3.8, 4) is 67.5 Å². The zero-order chi connectivity index (χ0) is 45.9. The van der Waals surface area contributed by atoms with Gasteiger partial charge in [-0.2, -0.15) is 0 Å². The third-order valence-corrected chi connectivity index (χ3v) is 12.5. The lowest BCUT2D eigenvalue weighted by Gasteiger charge is -2.22. The van der Waals surface area contributed by atoms with E-state index in [-0.39, 0.29) is 28.4 Å². The maximum Gasteiger partial charge on any atom is 0.149 e. The predicted molar refractivity (Wildman–Crippen MR) is 267 cm³/mol. The van der Waals surface area contributed by atoms with Gasteiger partial charge in [0, 0.05) is 24.3 Å². The summed E-state index contributed by atoms with van der Waals surface area (Å²) in [5.74, 6) is 0.410. The molecule has 0 saturated carbocycles. The van der Waals surface area contributed by atoms with E-state index in [2.05, 4.69) is 201 Å². The van der Waals surface area contributed by atoms with Crippen LogP contribution in [0.25, 0.3) is 72.7 Å². The molecule has 0 aliphatic rings. The summed E-state index contributed by atoms with van der Waals surface area (Å²) in [6.07, 6.45) is 1.90. The van der Waals surface area contributed by atoms with E-state index in [1.54, 1.807) is 0 Å². The molecule has 320 valence electrons. The normalized spacial score (nSPS) is 12.7. The Morgan fingerprint density at radius 3 is 1.87 bits per heavy atom. The quantitative estimate of drug-likeness (QED) is 0.158. The van der Waals surface area contributed by atoms with Gasteiger partial charge in [-0.05, 0) is 127 Å². The smallest absolute Gasteiger partial charge is 0.149 e. The molecule has 1 N–H and O–H groups in total. The lowest BCUT2D eigenvalue weighted by Crippen LogP contribution is -2.11. The highest BCUT2D eigenvalue weighted by Gasteiger charge is 2.26. The summed E-state index contributed by atoms with van der Waals surface area (Å²) in [7, 11) is 0. The maximum atomic E-state index is 12.4. The highest BCUT2D eigenvalue weighted by atomic mass is 16.3. The molecule has 0 fully saturated rings. The summed E-state index contributed by atoms with van der Waals surface area (Å²) in [5.41, 5.74) is 16.9. The molecule has 0 spiro atoms. The van der Waals surface area contributed by atoms with Gasteiger partial charge in [-0.15, -0.1) is 0 Å². The van der Waals surface area contributed by atoms with E-state index in [0.717, 1.165) is 78.0 Å². The lowest BCUT2D eigenvalue weighted by atomic mass is 9.83. The number of hydrogen-bond acceptors (Lipinski definition) is 3. The molecule has 0 atom stereocenters. The molecule has 0 unspecified atom stereocenters. The molecule has 0 aliphatic carbocycles. The van der Waals surface area contributed by atoms with Crippen LogP contribution in [0.15, 0.2) is 140 Å². The summed E-state index contributed by atoms with van der Waals surface area (Å²) >= 11 is 0. The Balaban J connectivity index is 1.45. The number of benzene rings is 6. The predicted octanol–water partition coefficient (Wildman–Crippen LogP) is 16.4. The third-order valence-electron chi connectivity index (χ3n) is 12.5. The fraction of sp³-hybridized carbons (Fsp3) is 0.288. The van der Waals surface area contributed by atoms with Crippen LogP contribution in [0.2, 0.25) is 0 Å². The van der Waals surface area contributed by atoms with Gasteiger partial charge >= 0.3 is 0 Å². The van der Waals surface area contributed by atoms with Crippen LogP contribution in [0.5, 0.6) is 5.75 Å². The van der Waals surface area contributed by atoms with Crippen LogP contribution in [0.3, 0.4) is 0 Å². The molecular formula is C59H63N3O. The van der Waals surface area contributed by atoms with E-state index in [4.69, 9.17) is 11.3 Å². The number of rotatable bonds is 9. The van der Waals surface area contributed by atoms with Gasteiger partial charge < -0.3 is 5.11 Å². The van der Waals surface area contributed by atoms with Crippen LogP contribution < -0.4 is 0 Å². The Morgan fingerprint density at radius 2 is 1.22 bits per heavy atom. The number of para-hydroxylation sites is 1. The minimum absolute atomic E-state index is 0.00546. The van der Waals surface area contributed by atoms with Gasteiger partial charge in [0.05, 0.1) is 28.0 Å². The molecule has 6 aromatic carbocycles. The van der Waals surface area contributed by atoms with Crippen molar-refractivity contribution in [2.45, 2.75) is 112 Å². The highest BCUT2D eigenvalue weighted by molar-refractivity contribution is 5.98. The Kier molecular flexibility index (Phi) is 11.2. The van der Waals surface area contributed by atoms with E-state index in [9.17, 15) is 5.11 Å². The SMILES string of the molecule is [2H]C(C)(C)c1ccc(-n2c(-c3cc(C(C)C)cc(C(C)C)c3O)nc3c(-c4cc(-c5cc(-c6ccccc6)ccn5)cc(C(C)(C)C)c4)cccc32)c(-c2ccc(C(C)(C)C)cc2)c1. The Labute approximate surface area is 377 Å². The van der Waals surface area contributed by atoms with Crippen molar-refractivity contribution in [1.29, 1.82) is 0 Å². The van der Waals surface area contributed by atoms with Gasteiger partial charge in [-0.25, -0.2) is 4.98 Å². The second-order valence-corrected chi connectivity index (χ2v) is 20.2. The number of phenolic OH excluding ortho intramolecular Hbond substituents is 1. The molecule has 2 heterocycles. The first-order valence-electron chi connectivity index (χ1n) is 23.0. The van der Waals surface area contributed by atoms with E-state index in [1.165, 1.54) is 11.1 Å². The molecule has 0 bridgehead atoms. The summed E-state index contributed by atoms with van der Waals surface area (Å²) in [6.45, 7) is 26.0. The molecule has 0 saturated heterocycles. The monoisotopic (exact) mass is 831 g/mol. The topological polar surface area (TPSA) is 50.9 Å². The number of nitrogens with zero attached hydrogens (tertiary/aromatic N) is 3. The third kappa shape index (κ3) is 8.61. The number of pyridine rings is 1. The second-order valence-electron chi connectivity index (χ2n) is 20.2. The molecule has 0 radical (unpaired) electrons. The highest BCUT2D eigenvalue weighted by Crippen LogP contribution is 2.45. The second kappa shape index (κ2) is 16.8. The first kappa shape index (κ1) is 42.1. The molecule has 4 heteroatoms. The average molecular weight is 831 g/mol. The number of aromatic hydroxyl groups is 1. The van der Waals surface area contributed by atoms with E-state index in [1.807, 2.05) is 26.1 Å². The van der Waals surface area contributed by atoms with E-state index >= 15 is 0 Å². The van der Waals surface area contributed by atoms with Gasteiger partial charge in [0.25, 0.3) is 0 Å². The Hall–Kier alpha value is -6.26. The average Bonchev–Trinajstić information content (AvgIpc) is 3.65. The van der Waals surface area contributed by atoms with Crippen molar-refractivity contribution < 1.29 is 6.48 Å². The van der Waals surface area contributed by atoms with Crippen molar-refractivity contribution in [1.82, 2.24) is 14.5 Å². The van der Waals surface area contributed by atoms with Crippen molar-refractivity contribution in [2.24, 2.45) is 0 Å². The molecule has 0 aliphatic heterocycles. The van der Waals surface area contributed by atoms with Gasteiger partial charge in [-0.1, -0.05) is 168 Å². The standard InChI is InChI=1S/C59H63N3O/c1-36(2)41-23-26-53(50(32-41)40-21-24-46(25-22-40)58(7,8)9)62-54-20-16-19-48(55(54)61-57(62)51-34-43(37(3)4)33-49(38(5)6)56(51)63)44-29-45(31-47(30-44)59(10,11)12)52-35-42(27-28-60-52)39-17-14-13-15-18-39/h13-38,63H,1-12H3/i36D. The van der Waals surface area contributed by atoms with Gasteiger partial charge in [0.2, 0.25) is 0 Å². The van der Waals surface area contributed by atoms with Gasteiger partial charge in [-0.3, -0.25) is 9.55 Å². The Morgan fingerprint density at radius 1 is 0.540 bits per heavy atom. The summed E-state index contributed by atoms with van der Waals surface area (Å²) in [5, 5.41) is 12.4. The van der Waals surface area contributed by atoms with E-state index < -0.39 is 5.89 Å². The maximum absolute atomic E-state index is 12.4. The van der Waals surface area contributed by atoms with Crippen LogP contribution in [-0.4, -0.2) is 19.6 Å². The van der Waals surface area contributed by atoms with Gasteiger partial charge in [0.15, 0.2) is 0 Å². The van der Waals surface area contributed by atoms with Gasteiger partial charge in [0.1, 0.15) is 11.6 Å². The largest absolute Gasteiger partial charge is 0.507 e. The van der Waals surface area contributed by atoms with Crippen molar-refractivity contribution in [3.63, 3.8) is 0 Å². The number of imidazole rings is 1. The molecule has 63 heavy (non-hydrogen) atoms. The number of hydrogen-bond donors (Lipinski definition) is 1. The van der Waals surface area contributed by atoms with Crippen LogP contribution >= 0.6 is 0 Å². The van der Waals surface area contributed by atoms with Crippen LogP contribution in [0, 0.1) is 0 Å². The summed E-state index contributed by atoms with van der Waals surface area (Å²) in [4.78, 5) is 10.6. The van der Waals surface area contributed by atoms with Crippen LogP contribution in [-0.2, 0) is 10.8 Å². The minimum atomic E-state index is -0.826. The fourth-order valence-corrected chi connectivity index (χ4v) is 8.57. The summed E-state index contributed by atoms with van der Waals surface area (Å²) in [6, 6.07) is 47.5. The zero-order valence-electron chi connectivity index (χ0n) is 40.2. The molecular weight excluding hydrogens is 767 g/mol. The first-order valence-corrected chi connectivity index (χ1v) is 22.5. The number of fused-ring (bicyclic) bond motifs is 1. The first-order chi connectivity index (χ1) is 30.2. The van der Waals surface area contributed by atoms with Crippen LogP contribution in [0.4, 0.5) is 0 Å². The molecule has 4 nitrogen and oxygen atoms in total. The van der Waals surface area contributed by atoms with Crippen molar-refractivity contribution in [2.75, 3.05) is 0 Å². The van der Waals surface area contributed by atoms with Crippen LogP contribution in [0.1, 0.15) is 130 Å². The molecule has 0 amide bonds. The van der Waals surface area contributed by atoms with E-state index in [0.29, 0.717) is 11.4 Å². The number of phenols is 1. The fourth-order valence-electron chi connectivity index (χ4n) is 8.57. The summed E-state index contributed by atoms with van der Waals surface area (Å²) < 4.78 is 11.4.